The number of rotatable bonds is 1. The van der Waals surface area contributed by atoms with Gasteiger partial charge in [0.25, 0.3) is 0 Å². The topological polar surface area (TPSA) is 12.9 Å². The lowest BCUT2D eigenvalue weighted by molar-refractivity contribution is 0.800. The first-order valence-electron chi connectivity index (χ1n) is 4.47. The van der Waals surface area contributed by atoms with Crippen LogP contribution in [0.3, 0.4) is 0 Å². The van der Waals surface area contributed by atoms with Gasteiger partial charge in [-0.25, -0.2) is 0 Å². The minimum absolute atomic E-state index is 0.531. The Morgan fingerprint density at radius 3 is 2.25 bits per heavy atom. The highest BCUT2D eigenvalue weighted by Gasteiger charge is 2.07. The fraction of sp³-hybridized carbons (Fsp3) is 0.545. The summed E-state index contributed by atoms with van der Waals surface area (Å²) in [5, 5.41) is 0. The van der Waals surface area contributed by atoms with Gasteiger partial charge < -0.3 is 0 Å². The number of aromatic nitrogens is 1. The van der Waals surface area contributed by atoms with E-state index in [0.717, 1.165) is 5.69 Å². The molecule has 0 aliphatic heterocycles. The Bertz CT molecular complexity index is 287. The number of aryl methyl sites for hydroxylation is 2. The molecule has 0 spiro atoms. The lowest BCUT2D eigenvalue weighted by atomic mass is 10.0. The second-order valence-corrected chi connectivity index (χ2v) is 3.75. The highest BCUT2D eigenvalue weighted by Crippen LogP contribution is 2.19. The number of hydrogen-bond donors (Lipinski definition) is 0. The summed E-state index contributed by atoms with van der Waals surface area (Å²) in [6.45, 7) is 10.7. The van der Waals surface area contributed by atoms with Crippen LogP contribution >= 0.6 is 0 Å². The van der Waals surface area contributed by atoms with Gasteiger partial charge in [0.15, 0.2) is 0 Å². The molecule has 1 aromatic rings. The van der Waals surface area contributed by atoms with E-state index in [1.54, 1.807) is 0 Å². The summed E-state index contributed by atoms with van der Waals surface area (Å²) in [5.74, 6) is 0.531. The second kappa shape index (κ2) is 3.26. The van der Waals surface area contributed by atoms with E-state index in [4.69, 9.17) is 0 Å². The van der Waals surface area contributed by atoms with Crippen LogP contribution in [0.25, 0.3) is 0 Å². The van der Waals surface area contributed by atoms with Gasteiger partial charge in [0.2, 0.25) is 0 Å². The Hall–Kier alpha value is -0.850. The lowest BCUT2D eigenvalue weighted by Crippen LogP contribution is -2.00. The molecule has 0 amide bonds. The highest BCUT2D eigenvalue weighted by atomic mass is 14.7. The summed E-state index contributed by atoms with van der Waals surface area (Å²) in [6, 6.07) is 2.14. The van der Waals surface area contributed by atoms with Crippen molar-refractivity contribution in [3.63, 3.8) is 0 Å². The molecule has 0 aliphatic carbocycles. The van der Waals surface area contributed by atoms with Crippen molar-refractivity contribution in [1.29, 1.82) is 0 Å². The molecule has 0 radical (unpaired) electrons. The molecule has 1 heterocycles. The minimum Gasteiger partial charge on any atom is -0.258 e. The third kappa shape index (κ3) is 1.66. The molecule has 12 heavy (non-hydrogen) atoms. The molecule has 1 heteroatoms. The summed E-state index contributed by atoms with van der Waals surface area (Å²) >= 11 is 0. The average Bonchev–Trinajstić information content (AvgIpc) is 1.96. The van der Waals surface area contributed by atoms with E-state index >= 15 is 0 Å². The molecule has 1 rings (SSSR count). The van der Waals surface area contributed by atoms with Gasteiger partial charge in [-0.1, -0.05) is 13.8 Å². The quantitative estimate of drug-likeness (QED) is 0.619. The van der Waals surface area contributed by atoms with E-state index < -0.39 is 0 Å². The first kappa shape index (κ1) is 9.24. The summed E-state index contributed by atoms with van der Waals surface area (Å²) in [5.41, 5.74) is 5.07. The minimum atomic E-state index is 0.531. The molecular formula is C11H17N. The summed E-state index contributed by atoms with van der Waals surface area (Å²) in [6.07, 6.45) is 0. The summed E-state index contributed by atoms with van der Waals surface area (Å²) in [7, 11) is 0. The standard InChI is InChI=1S/C11H17N/c1-7(2)11-10(5)8(3)6-9(4)12-11/h6-7H,1-5H3. The predicted molar refractivity (Wildman–Crippen MR) is 52.5 cm³/mol. The first-order chi connectivity index (χ1) is 5.52. The number of nitrogens with zero attached hydrogens (tertiary/aromatic N) is 1. The van der Waals surface area contributed by atoms with Gasteiger partial charge >= 0.3 is 0 Å². The van der Waals surface area contributed by atoms with E-state index in [1.807, 2.05) is 0 Å². The van der Waals surface area contributed by atoms with Gasteiger partial charge in [-0.2, -0.15) is 0 Å². The van der Waals surface area contributed by atoms with E-state index in [-0.39, 0.29) is 0 Å². The molecule has 0 atom stereocenters. The fourth-order valence-electron chi connectivity index (χ4n) is 1.49. The van der Waals surface area contributed by atoms with Crippen LogP contribution in [-0.4, -0.2) is 4.98 Å². The van der Waals surface area contributed by atoms with Crippen molar-refractivity contribution >= 4 is 0 Å². The number of hydrogen-bond acceptors (Lipinski definition) is 1. The van der Waals surface area contributed by atoms with Crippen molar-refractivity contribution in [2.75, 3.05) is 0 Å². The van der Waals surface area contributed by atoms with E-state index in [9.17, 15) is 0 Å². The van der Waals surface area contributed by atoms with Crippen LogP contribution in [0.15, 0.2) is 6.07 Å². The van der Waals surface area contributed by atoms with Gasteiger partial charge in [0, 0.05) is 11.4 Å². The van der Waals surface area contributed by atoms with Crippen LogP contribution in [0.2, 0.25) is 0 Å². The summed E-state index contributed by atoms with van der Waals surface area (Å²) in [4.78, 5) is 4.53. The average molecular weight is 163 g/mol. The maximum atomic E-state index is 4.53. The Kier molecular flexibility index (Phi) is 2.51. The molecule has 66 valence electrons. The molecule has 0 unspecified atom stereocenters. The van der Waals surface area contributed by atoms with Crippen LogP contribution in [0, 0.1) is 20.8 Å². The molecule has 0 fully saturated rings. The van der Waals surface area contributed by atoms with Crippen molar-refractivity contribution in [2.45, 2.75) is 40.5 Å². The third-order valence-electron chi connectivity index (χ3n) is 2.24. The van der Waals surface area contributed by atoms with Crippen LogP contribution < -0.4 is 0 Å². The largest absolute Gasteiger partial charge is 0.258 e. The lowest BCUT2D eigenvalue weighted by Gasteiger charge is -2.11. The van der Waals surface area contributed by atoms with Crippen molar-refractivity contribution < 1.29 is 0 Å². The van der Waals surface area contributed by atoms with Gasteiger partial charge in [-0.15, -0.1) is 0 Å². The Morgan fingerprint density at radius 2 is 1.75 bits per heavy atom. The third-order valence-corrected chi connectivity index (χ3v) is 2.24. The van der Waals surface area contributed by atoms with Crippen LogP contribution in [0.5, 0.6) is 0 Å². The van der Waals surface area contributed by atoms with Gasteiger partial charge in [-0.3, -0.25) is 4.98 Å². The predicted octanol–water partition coefficient (Wildman–Crippen LogP) is 3.13. The molecular weight excluding hydrogens is 146 g/mol. The molecule has 1 aromatic heterocycles. The van der Waals surface area contributed by atoms with Crippen molar-refractivity contribution in [3.05, 3.63) is 28.6 Å². The van der Waals surface area contributed by atoms with Gasteiger partial charge in [0.05, 0.1) is 0 Å². The Balaban J connectivity index is 3.28. The van der Waals surface area contributed by atoms with Gasteiger partial charge in [0.1, 0.15) is 0 Å². The van der Waals surface area contributed by atoms with E-state index in [2.05, 4.69) is 45.7 Å². The first-order valence-corrected chi connectivity index (χ1v) is 4.47. The highest BCUT2D eigenvalue weighted by molar-refractivity contribution is 5.31. The molecule has 1 nitrogen and oxygen atoms in total. The molecule has 0 aliphatic rings. The fourth-order valence-corrected chi connectivity index (χ4v) is 1.49. The monoisotopic (exact) mass is 163 g/mol. The Labute approximate surface area is 74.8 Å². The second-order valence-electron chi connectivity index (χ2n) is 3.75. The summed E-state index contributed by atoms with van der Waals surface area (Å²) < 4.78 is 0. The van der Waals surface area contributed by atoms with E-state index in [0.29, 0.717) is 5.92 Å². The smallest absolute Gasteiger partial charge is 0.0463 e. The SMILES string of the molecule is Cc1cc(C)c(C)c(C(C)C)n1. The van der Waals surface area contributed by atoms with Crippen LogP contribution in [0.1, 0.15) is 42.3 Å². The maximum absolute atomic E-state index is 4.53. The van der Waals surface area contributed by atoms with Crippen molar-refractivity contribution in [1.82, 2.24) is 4.98 Å². The Morgan fingerprint density at radius 1 is 1.17 bits per heavy atom. The van der Waals surface area contributed by atoms with E-state index in [1.165, 1.54) is 16.8 Å². The van der Waals surface area contributed by atoms with Crippen LogP contribution in [-0.2, 0) is 0 Å². The molecule has 0 bridgehead atoms. The zero-order chi connectivity index (χ0) is 9.30. The maximum Gasteiger partial charge on any atom is 0.0463 e. The molecule has 0 saturated heterocycles. The zero-order valence-electron chi connectivity index (χ0n) is 8.60. The molecule has 0 saturated carbocycles. The zero-order valence-corrected chi connectivity index (χ0v) is 8.60. The molecule has 0 aromatic carbocycles. The van der Waals surface area contributed by atoms with Crippen molar-refractivity contribution in [2.24, 2.45) is 0 Å². The van der Waals surface area contributed by atoms with Gasteiger partial charge in [-0.05, 0) is 43.9 Å². The number of pyridine rings is 1. The van der Waals surface area contributed by atoms with Crippen LogP contribution in [0.4, 0.5) is 0 Å². The molecule has 0 N–H and O–H groups in total. The normalized spacial score (nSPS) is 10.8. The van der Waals surface area contributed by atoms with Crippen molar-refractivity contribution in [3.8, 4) is 0 Å².